The second kappa shape index (κ2) is 12.8. The minimum atomic E-state index is -1.10. The first-order chi connectivity index (χ1) is 19.8. The van der Waals surface area contributed by atoms with Crippen LogP contribution in [0.3, 0.4) is 0 Å². The number of benzene rings is 3. The number of aliphatic hydroxyl groups excluding tert-OH is 2. The van der Waals surface area contributed by atoms with Crippen LogP contribution in [0, 0.1) is 5.92 Å². The fraction of sp³-hybridized carbons (Fsp3) is 0.364. The first-order valence-corrected chi connectivity index (χ1v) is 14.2. The second-order valence-electron chi connectivity index (χ2n) is 11.0. The first-order valence-electron chi connectivity index (χ1n) is 14.2. The molecule has 3 aromatic rings. The molecule has 1 heterocycles. The van der Waals surface area contributed by atoms with Gasteiger partial charge in [0.2, 0.25) is 5.91 Å². The van der Waals surface area contributed by atoms with Crippen molar-refractivity contribution in [3.8, 4) is 0 Å². The van der Waals surface area contributed by atoms with Crippen molar-refractivity contribution in [2.24, 2.45) is 11.7 Å². The summed E-state index contributed by atoms with van der Waals surface area (Å²) in [4.78, 5) is 41.4. The number of esters is 1. The van der Waals surface area contributed by atoms with Crippen molar-refractivity contribution in [2.45, 2.75) is 68.9 Å². The number of hydrogen-bond donors (Lipinski definition) is 3. The van der Waals surface area contributed by atoms with E-state index in [0.717, 1.165) is 21.6 Å². The summed E-state index contributed by atoms with van der Waals surface area (Å²) < 4.78 is 5.29. The molecule has 6 atom stereocenters. The highest BCUT2D eigenvalue weighted by atomic mass is 16.6. The number of aliphatic hydroxyl groups is 2. The Kier molecular flexibility index (Phi) is 8.93. The Hall–Kier alpha value is -3.85. The molecule has 4 N–H and O–H groups in total. The molecule has 41 heavy (non-hydrogen) atoms. The normalized spacial score (nSPS) is 21.9. The predicted molar refractivity (Wildman–Crippen MR) is 152 cm³/mol. The van der Waals surface area contributed by atoms with Gasteiger partial charge in [0.05, 0.1) is 18.2 Å². The second-order valence-corrected chi connectivity index (χ2v) is 11.0. The number of imide groups is 1. The lowest BCUT2D eigenvalue weighted by Crippen LogP contribution is -2.51. The number of hydrogen-bond acceptors (Lipinski definition) is 7. The number of carbonyl (C=O) groups excluding carboxylic acids is 3. The zero-order valence-electron chi connectivity index (χ0n) is 22.8. The van der Waals surface area contributed by atoms with Crippen LogP contribution in [0.25, 0.3) is 0 Å². The van der Waals surface area contributed by atoms with Crippen LogP contribution in [-0.2, 0) is 38.4 Å². The topological polar surface area (TPSA) is 130 Å². The molecular weight excluding hydrogens is 520 g/mol. The van der Waals surface area contributed by atoms with Gasteiger partial charge in [-0.25, -0.2) is 0 Å². The van der Waals surface area contributed by atoms with Gasteiger partial charge >= 0.3 is 5.97 Å². The fourth-order valence-electron chi connectivity index (χ4n) is 5.96. The van der Waals surface area contributed by atoms with E-state index in [1.807, 2.05) is 72.8 Å². The van der Waals surface area contributed by atoms with Crippen LogP contribution < -0.4 is 5.73 Å². The maximum absolute atomic E-state index is 14.5. The number of amides is 2. The minimum absolute atomic E-state index is 0.0143. The molecule has 2 aliphatic rings. The van der Waals surface area contributed by atoms with Gasteiger partial charge in [-0.1, -0.05) is 84.9 Å². The zero-order valence-corrected chi connectivity index (χ0v) is 22.8. The number of rotatable bonds is 10. The Labute approximate surface area is 239 Å². The van der Waals surface area contributed by atoms with Crippen molar-refractivity contribution in [1.82, 2.24) is 4.90 Å². The molecule has 1 saturated heterocycles. The van der Waals surface area contributed by atoms with Gasteiger partial charge in [0, 0.05) is 31.2 Å². The molecule has 0 saturated carbocycles. The van der Waals surface area contributed by atoms with Gasteiger partial charge in [-0.3, -0.25) is 19.3 Å². The Balaban J connectivity index is 1.47. The predicted octanol–water partition coefficient (Wildman–Crippen LogP) is 2.89. The van der Waals surface area contributed by atoms with Crippen LogP contribution in [0.15, 0.2) is 84.9 Å². The summed E-state index contributed by atoms with van der Waals surface area (Å²) in [6, 6.07) is 24.7. The third kappa shape index (κ3) is 6.56. The largest absolute Gasteiger partial charge is 0.452 e. The van der Waals surface area contributed by atoms with Crippen LogP contribution in [0.4, 0.5) is 0 Å². The number of carbonyl (C=O) groups is 3. The first kappa shape index (κ1) is 28.7. The minimum Gasteiger partial charge on any atom is -0.452 e. The average molecular weight is 557 g/mol. The summed E-state index contributed by atoms with van der Waals surface area (Å²) in [6.07, 6.45) is -1.92. The van der Waals surface area contributed by atoms with Gasteiger partial charge in [0.1, 0.15) is 0 Å². The van der Waals surface area contributed by atoms with Crippen LogP contribution in [0.2, 0.25) is 0 Å². The number of ether oxygens (including phenoxy) is 1. The lowest BCUT2D eigenvalue weighted by molar-refractivity contribution is -0.164. The quantitative estimate of drug-likeness (QED) is 0.328. The van der Waals surface area contributed by atoms with E-state index < -0.39 is 54.1 Å². The summed E-state index contributed by atoms with van der Waals surface area (Å²) in [7, 11) is 0. The van der Waals surface area contributed by atoms with E-state index in [1.165, 1.54) is 0 Å². The Morgan fingerprint density at radius 1 is 0.927 bits per heavy atom. The third-order valence-corrected chi connectivity index (χ3v) is 8.09. The molecule has 0 radical (unpaired) electrons. The van der Waals surface area contributed by atoms with Crippen molar-refractivity contribution < 1.29 is 29.3 Å². The molecule has 5 rings (SSSR count). The lowest BCUT2D eigenvalue weighted by atomic mass is 9.87. The van der Waals surface area contributed by atoms with Gasteiger partial charge in [-0.15, -0.1) is 0 Å². The van der Waals surface area contributed by atoms with Crippen LogP contribution >= 0.6 is 0 Å². The maximum atomic E-state index is 14.5. The number of fused-ring (bicyclic) bond motifs is 1. The molecule has 2 amide bonds. The van der Waals surface area contributed by atoms with E-state index in [9.17, 15) is 24.6 Å². The Morgan fingerprint density at radius 2 is 1.54 bits per heavy atom. The van der Waals surface area contributed by atoms with E-state index in [0.29, 0.717) is 12.0 Å². The molecule has 3 aromatic carbocycles. The summed E-state index contributed by atoms with van der Waals surface area (Å²) >= 11 is 0. The molecule has 214 valence electrons. The van der Waals surface area contributed by atoms with Crippen molar-refractivity contribution in [2.75, 3.05) is 0 Å². The van der Waals surface area contributed by atoms with Crippen LogP contribution in [-0.4, -0.2) is 57.3 Å². The van der Waals surface area contributed by atoms with E-state index in [4.69, 9.17) is 10.5 Å². The molecule has 8 heteroatoms. The SMILES string of the molecule is N[C@@H](Cc1ccccc1)[C@@H](O)C[C@@H](Cc1ccccc1)C(=O)N(C(=O)[C@@H]1CCC(=O)O1)[C@H]1c2ccccc2C[C@H]1O. The molecule has 8 nitrogen and oxygen atoms in total. The van der Waals surface area contributed by atoms with Gasteiger partial charge in [0.25, 0.3) is 5.91 Å². The third-order valence-electron chi connectivity index (χ3n) is 8.09. The highest BCUT2D eigenvalue weighted by Gasteiger charge is 2.46. The maximum Gasteiger partial charge on any atom is 0.306 e. The monoisotopic (exact) mass is 556 g/mol. The lowest BCUT2D eigenvalue weighted by Gasteiger charge is -2.35. The van der Waals surface area contributed by atoms with Crippen LogP contribution in [0.1, 0.15) is 47.6 Å². The molecule has 0 aromatic heterocycles. The van der Waals surface area contributed by atoms with Gasteiger partial charge in [0.15, 0.2) is 6.10 Å². The smallest absolute Gasteiger partial charge is 0.306 e. The summed E-state index contributed by atoms with van der Waals surface area (Å²) in [5.74, 6) is -2.50. The Morgan fingerprint density at radius 3 is 2.17 bits per heavy atom. The van der Waals surface area contributed by atoms with E-state index >= 15 is 0 Å². The van der Waals surface area contributed by atoms with E-state index in [2.05, 4.69) is 0 Å². The van der Waals surface area contributed by atoms with Gasteiger partial charge in [-0.2, -0.15) is 0 Å². The number of nitrogens with zero attached hydrogens (tertiary/aromatic N) is 1. The molecular formula is C33H36N2O6. The number of cyclic esters (lactones) is 1. The average Bonchev–Trinajstić information content (AvgIpc) is 3.56. The summed E-state index contributed by atoms with van der Waals surface area (Å²) in [6.45, 7) is 0. The summed E-state index contributed by atoms with van der Waals surface area (Å²) in [5.41, 5.74) is 9.78. The van der Waals surface area contributed by atoms with Crippen molar-refractivity contribution in [3.63, 3.8) is 0 Å². The number of nitrogens with two attached hydrogens (primary N) is 1. The highest BCUT2D eigenvalue weighted by molar-refractivity contribution is 6.00. The molecule has 0 spiro atoms. The van der Waals surface area contributed by atoms with Gasteiger partial charge in [-0.05, 0) is 41.5 Å². The molecule has 0 bridgehead atoms. The van der Waals surface area contributed by atoms with Gasteiger partial charge < -0.3 is 20.7 Å². The molecule has 1 fully saturated rings. The highest BCUT2D eigenvalue weighted by Crippen LogP contribution is 2.39. The standard InChI is InChI=1S/C33H36N2O6/c34-26(18-22-11-5-2-6-12-22)27(36)20-24(17-21-9-3-1-4-10-21)32(39)35(33(40)29-15-16-30(38)41-29)31-25-14-8-7-13-23(25)19-28(31)37/h1-14,24,26-29,31,36-37H,15-20,34H2/t24-,26+,27+,28-,29+,31+/m1/s1. The Bertz CT molecular complexity index is 1360. The van der Waals surface area contributed by atoms with Crippen molar-refractivity contribution in [1.29, 1.82) is 0 Å². The van der Waals surface area contributed by atoms with Crippen LogP contribution in [0.5, 0.6) is 0 Å². The fourth-order valence-corrected chi connectivity index (χ4v) is 5.96. The van der Waals surface area contributed by atoms with E-state index in [1.54, 1.807) is 12.1 Å². The molecule has 1 aliphatic carbocycles. The van der Waals surface area contributed by atoms with E-state index in [-0.39, 0.29) is 32.1 Å². The molecule has 1 aliphatic heterocycles. The molecule has 0 unspecified atom stereocenters. The van der Waals surface area contributed by atoms with Crippen molar-refractivity contribution in [3.05, 3.63) is 107 Å². The zero-order chi connectivity index (χ0) is 28.9. The van der Waals surface area contributed by atoms with Crippen molar-refractivity contribution >= 4 is 17.8 Å². The summed E-state index contributed by atoms with van der Waals surface area (Å²) in [5, 5.41) is 22.4.